The average molecular weight is 298 g/mol. The van der Waals surface area contributed by atoms with Crippen LogP contribution >= 0.6 is 12.2 Å². The molecule has 0 saturated heterocycles. The minimum atomic E-state index is 0.828. The predicted octanol–water partition coefficient (Wildman–Crippen LogP) is 4.45. The molecule has 1 heterocycles. The van der Waals surface area contributed by atoms with E-state index in [4.69, 9.17) is 16.6 Å². The Hall–Kier alpha value is -2.07. The van der Waals surface area contributed by atoms with Crippen LogP contribution in [0.3, 0.4) is 0 Å². The second-order valence-electron chi connectivity index (χ2n) is 5.58. The van der Waals surface area contributed by atoms with Gasteiger partial charge in [-0.15, -0.1) is 0 Å². The number of rotatable bonds is 2. The van der Waals surface area contributed by atoms with Crippen molar-refractivity contribution in [3.63, 3.8) is 0 Å². The summed E-state index contributed by atoms with van der Waals surface area (Å²) in [6, 6.07) is 12.3. The third kappa shape index (κ3) is 2.36. The van der Waals surface area contributed by atoms with Crippen LogP contribution in [0.4, 0.5) is 11.4 Å². The van der Waals surface area contributed by atoms with Gasteiger partial charge < -0.3 is 14.2 Å². The van der Waals surface area contributed by atoms with Gasteiger partial charge in [-0.05, 0) is 24.3 Å². The van der Waals surface area contributed by atoms with Crippen LogP contribution in [0.5, 0.6) is 0 Å². The number of anilines is 2. The van der Waals surface area contributed by atoms with Crippen molar-refractivity contribution >= 4 is 45.5 Å². The lowest BCUT2D eigenvalue weighted by Gasteiger charge is -2.14. The molecule has 0 N–H and O–H groups in total. The minimum absolute atomic E-state index is 0.828. The first-order valence-corrected chi connectivity index (χ1v) is 7.23. The van der Waals surface area contributed by atoms with Gasteiger partial charge in [0.1, 0.15) is 11.2 Å². The third-order valence-corrected chi connectivity index (χ3v) is 4.11. The molecular formula is C17H18N2OS. The van der Waals surface area contributed by atoms with Gasteiger partial charge in [0.05, 0.1) is 4.51 Å². The zero-order valence-electron chi connectivity index (χ0n) is 12.7. The Kier molecular flexibility index (Phi) is 3.33. The summed E-state index contributed by atoms with van der Waals surface area (Å²) in [6.45, 7) is 0. The average Bonchev–Trinajstić information content (AvgIpc) is 2.46. The maximum atomic E-state index is 6.09. The molecule has 0 fully saturated rings. The molecule has 0 amide bonds. The summed E-state index contributed by atoms with van der Waals surface area (Å²) >= 11 is 5.63. The van der Waals surface area contributed by atoms with Gasteiger partial charge in [0.25, 0.3) is 0 Å². The first-order valence-electron chi connectivity index (χ1n) is 6.82. The van der Waals surface area contributed by atoms with Crippen molar-refractivity contribution in [1.82, 2.24) is 0 Å². The van der Waals surface area contributed by atoms with E-state index >= 15 is 0 Å². The highest BCUT2D eigenvalue weighted by Crippen LogP contribution is 2.30. The van der Waals surface area contributed by atoms with Gasteiger partial charge in [0.15, 0.2) is 0 Å². The zero-order chi connectivity index (χ0) is 15.1. The van der Waals surface area contributed by atoms with E-state index < -0.39 is 0 Å². The molecule has 0 spiro atoms. The molecule has 108 valence electrons. The molecule has 3 nitrogen and oxygen atoms in total. The highest BCUT2D eigenvalue weighted by molar-refractivity contribution is 7.72. The van der Waals surface area contributed by atoms with Crippen LogP contribution < -0.4 is 9.80 Å². The molecule has 0 aliphatic heterocycles. The summed E-state index contributed by atoms with van der Waals surface area (Å²) in [5.41, 5.74) is 3.86. The molecule has 0 aliphatic rings. The van der Waals surface area contributed by atoms with E-state index in [-0.39, 0.29) is 0 Å². The molecule has 4 heteroatoms. The summed E-state index contributed by atoms with van der Waals surface area (Å²) in [7, 11) is 8.06. The molecule has 3 aromatic rings. The fourth-order valence-corrected chi connectivity index (χ4v) is 2.72. The van der Waals surface area contributed by atoms with E-state index in [1.807, 2.05) is 52.5 Å². The maximum absolute atomic E-state index is 6.09. The molecule has 0 aliphatic carbocycles. The Bertz CT molecular complexity index is 812. The van der Waals surface area contributed by atoms with Crippen molar-refractivity contribution in [1.29, 1.82) is 0 Å². The van der Waals surface area contributed by atoms with E-state index in [1.54, 1.807) is 0 Å². The second-order valence-corrected chi connectivity index (χ2v) is 5.99. The van der Waals surface area contributed by atoms with Crippen LogP contribution in [0.1, 0.15) is 0 Å². The molecule has 0 atom stereocenters. The Balaban J connectivity index is 2.35. The fourth-order valence-electron chi connectivity index (χ4n) is 2.39. The van der Waals surface area contributed by atoms with E-state index in [0.717, 1.165) is 37.8 Å². The first kappa shape index (κ1) is 13.9. The van der Waals surface area contributed by atoms with Gasteiger partial charge in [-0.3, -0.25) is 0 Å². The summed E-state index contributed by atoms with van der Waals surface area (Å²) in [4.78, 5) is 4.11. The summed E-state index contributed by atoms with van der Waals surface area (Å²) in [5, 5.41) is 1.97. The lowest BCUT2D eigenvalue weighted by atomic mass is 10.1. The molecule has 0 unspecified atom stereocenters. The molecule has 0 bridgehead atoms. The second kappa shape index (κ2) is 5.04. The van der Waals surface area contributed by atoms with Crippen LogP contribution in [-0.2, 0) is 0 Å². The molecular weight excluding hydrogens is 280 g/mol. The van der Waals surface area contributed by atoms with E-state index in [9.17, 15) is 0 Å². The van der Waals surface area contributed by atoms with Gasteiger partial charge in [0.2, 0.25) is 0 Å². The minimum Gasteiger partial charge on any atom is -0.456 e. The SMILES string of the molecule is CN(C)c1ccc2c(=S)c3ccc(N(C)C)cc3oc2c1. The predicted molar refractivity (Wildman–Crippen MR) is 93.2 cm³/mol. The number of nitrogens with zero attached hydrogens (tertiary/aromatic N) is 2. The van der Waals surface area contributed by atoms with Gasteiger partial charge in [-0.2, -0.15) is 0 Å². The number of hydrogen-bond acceptors (Lipinski definition) is 4. The zero-order valence-corrected chi connectivity index (χ0v) is 13.5. The van der Waals surface area contributed by atoms with E-state index in [0.29, 0.717) is 0 Å². The topological polar surface area (TPSA) is 19.6 Å². The number of benzene rings is 2. The van der Waals surface area contributed by atoms with Crippen molar-refractivity contribution in [3.8, 4) is 0 Å². The van der Waals surface area contributed by atoms with Crippen molar-refractivity contribution in [2.24, 2.45) is 0 Å². The van der Waals surface area contributed by atoms with Gasteiger partial charge in [-0.25, -0.2) is 0 Å². The highest BCUT2D eigenvalue weighted by Gasteiger charge is 2.08. The largest absolute Gasteiger partial charge is 0.456 e. The van der Waals surface area contributed by atoms with Gasteiger partial charge in [0, 0.05) is 62.5 Å². The molecule has 0 radical (unpaired) electrons. The lowest BCUT2D eigenvalue weighted by Crippen LogP contribution is -2.08. The normalized spacial score (nSPS) is 11.0. The Morgan fingerprint density at radius 2 is 1.19 bits per heavy atom. The summed E-state index contributed by atoms with van der Waals surface area (Å²) < 4.78 is 6.94. The molecule has 3 rings (SSSR count). The van der Waals surface area contributed by atoms with Crippen molar-refractivity contribution in [2.45, 2.75) is 0 Å². The highest BCUT2D eigenvalue weighted by atomic mass is 32.1. The first-order chi connectivity index (χ1) is 9.97. The quantitative estimate of drug-likeness (QED) is 0.514. The molecule has 21 heavy (non-hydrogen) atoms. The summed E-state index contributed by atoms with van der Waals surface area (Å²) in [6.07, 6.45) is 0. The van der Waals surface area contributed by atoms with E-state index in [2.05, 4.69) is 21.9 Å². The standard InChI is InChI=1S/C17H18N2OS/c1-18(2)11-5-7-13-15(9-11)20-16-10-12(19(3)4)6-8-14(16)17(13)21/h5-10H,1-4H3. The Morgan fingerprint density at radius 1 is 0.762 bits per heavy atom. The van der Waals surface area contributed by atoms with Crippen LogP contribution in [-0.4, -0.2) is 28.2 Å². The van der Waals surface area contributed by atoms with Crippen molar-refractivity contribution in [3.05, 3.63) is 40.9 Å². The van der Waals surface area contributed by atoms with Gasteiger partial charge >= 0.3 is 0 Å². The van der Waals surface area contributed by atoms with Gasteiger partial charge in [-0.1, -0.05) is 12.2 Å². The summed E-state index contributed by atoms with van der Waals surface area (Å²) in [5.74, 6) is 0. The number of fused-ring (bicyclic) bond motifs is 2. The third-order valence-electron chi connectivity index (χ3n) is 3.67. The lowest BCUT2D eigenvalue weighted by molar-refractivity contribution is 0.660. The Morgan fingerprint density at radius 3 is 1.57 bits per heavy atom. The van der Waals surface area contributed by atoms with Crippen LogP contribution in [0, 0.1) is 4.51 Å². The monoisotopic (exact) mass is 298 g/mol. The van der Waals surface area contributed by atoms with E-state index in [1.165, 1.54) is 0 Å². The fraction of sp³-hybridized carbons (Fsp3) is 0.235. The smallest absolute Gasteiger partial charge is 0.138 e. The molecule has 2 aromatic carbocycles. The number of hydrogen-bond donors (Lipinski definition) is 0. The Labute approximate surface area is 129 Å². The molecule has 0 saturated carbocycles. The molecule has 1 aromatic heterocycles. The maximum Gasteiger partial charge on any atom is 0.138 e. The van der Waals surface area contributed by atoms with Crippen molar-refractivity contribution < 1.29 is 4.42 Å². The van der Waals surface area contributed by atoms with Crippen LogP contribution in [0.25, 0.3) is 21.9 Å². The van der Waals surface area contributed by atoms with Crippen LogP contribution in [0.2, 0.25) is 0 Å². The van der Waals surface area contributed by atoms with Crippen LogP contribution in [0.15, 0.2) is 40.8 Å². The van der Waals surface area contributed by atoms with Crippen molar-refractivity contribution in [2.75, 3.05) is 38.0 Å².